The molecule has 0 aliphatic rings. The highest BCUT2D eigenvalue weighted by atomic mass is 35.5. The van der Waals surface area contributed by atoms with Crippen LogP contribution in [0, 0.1) is 0 Å². The summed E-state index contributed by atoms with van der Waals surface area (Å²) in [6.07, 6.45) is -8.05. The molecule has 0 amide bonds. The fraction of sp³-hybridized carbons (Fsp3) is 0.300. The van der Waals surface area contributed by atoms with Crippen LogP contribution in [0.2, 0.25) is 5.02 Å². The first-order valence-electron chi connectivity index (χ1n) is 8.82. The van der Waals surface area contributed by atoms with Gasteiger partial charge in [-0.05, 0) is 49.6 Å². The van der Waals surface area contributed by atoms with Crippen molar-refractivity contribution in [1.29, 1.82) is 0 Å². The van der Waals surface area contributed by atoms with Gasteiger partial charge in [0.2, 0.25) is 0 Å². The Morgan fingerprint density at radius 1 is 0.862 bits per heavy atom. The average molecular weight is 435 g/mol. The van der Waals surface area contributed by atoms with Gasteiger partial charge < -0.3 is 10.7 Å². The molecule has 0 aliphatic carbocycles. The Kier molecular flexibility index (Phi) is 5.87. The zero-order chi connectivity index (χ0) is 21.4. The number of nitrogens with one attached hydrogen (secondary N) is 1. The first kappa shape index (κ1) is 21.5. The SMILES string of the molecule is NCCCCc1c(-c2ccccc2C(F)(F)F)[nH]c2c(C(F)(F)F)ccc(Cl)c12. The monoisotopic (exact) mass is 434 g/mol. The third-order valence-corrected chi connectivity index (χ3v) is 5.01. The molecule has 0 saturated heterocycles. The van der Waals surface area contributed by atoms with E-state index in [1.165, 1.54) is 18.2 Å². The van der Waals surface area contributed by atoms with E-state index in [2.05, 4.69) is 4.98 Å². The van der Waals surface area contributed by atoms with Crippen LogP contribution in [0.4, 0.5) is 26.3 Å². The molecule has 3 aromatic rings. The number of aromatic amines is 1. The maximum atomic E-state index is 13.5. The van der Waals surface area contributed by atoms with Crippen LogP contribution in [0.25, 0.3) is 22.2 Å². The summed E-state index contributed by atoms with van der Waals surface area (Å²) in [7, 11) is 0. The van der Waals surface area contributed by atoms with Gasteiger partial charge in [0, 0.05) is 10.9 Å². The Labute approximate surface area is 167 Å². The van der Waals surface area contributed by atoms with Crippen molar-refractivity contribution in [3.05, 3.63) is 58.1 Å². The Balaban J connectivity index is 2.35. The number of hydrogen-bond acceptors (Lipinski definition) is 1. The predicted molar refractivity (Wildman–Crippen MR) is 101 cm³/mol. The van der Waals surface area contributed by atoms with E-state index in [9.17, 15) is 26.3 Å². The van der Waals surface area contributed by atoms with Gasteiger partial charge in [-0.15, -0.1) is 0 Å². The Morgan fingerprint density at radius 2 is 1.52 bits per heavy atom. The van der Waals surface area contributed by atoms with Gasteiger partial charge in [-0.1, -0.05) is 29.8 Å². The van der Waals surface area contributed by atoms with Crippen molar-refractivity contribution in [2.75, 3.05) is 6.54 Å². The summed E-state index contributed by atoms with van der Waals surface area (Å²) in [6, 6.07) is 6.72. The summed E-state index contributed by atoms with van der Waals surface area (Å²) in [6.45, 7) is 0.359. The van der Waals surface area contributed by atoms with Crippen LogP contribution >= 0.6 is 11.6 Å². The largest absolute Gasteiger partial charge is 0.418 e. The van der Waals surface area contributed by atoms with Crippen molar-refractivity contribution in [1.82, 2.24) is 4.98 Å². The minimum Gasteiger partial charge on any atom is -0.354 e. The number of H-pyrrole nitrogens is 1. The normalized spacial score (nSPS) is 12.7. The molecule has 0 saturated carbocycles. The number of fused-ring (bicyclic) bond motifs is 1. The van der Waals surface area contributed by atoms with Gasteiger partial charge >= 0.3 is 12.4 Å². The second-order valence-electron chi connectivity index (χ2n) is 6.61. The third-order valence-electron chi connectivity index (χ3n) is 4.70. The van der Waals surface area contributed by atoms with Gasteiger partial charge in [-0.25, -0.2) is 0 Å². The molecule has 2 nitrogen and oxygen atoms in total. The minimum atomic E-state index is -4.69. The number of unbranched alkanes of at least 4 members (excludes halogenated alkanes) is 1. The summed E-state index contributed by atoms with van der Waals surface area (Å²) in [4.78, 5) is 2.60. The Bertz CT molecular complexity index is 1020. The zero-order valence-corrected chi connectivity index (χ0v) is 15.8. The summed E-state index contributed by atoms with van der Waals surface area (Å²) < 4.78 is 81.1. The number of hydrogen-bond donors (Lipinski definition) is 2. The maximum Gasteiger partial charge on any atom is 0.418 e. The molecule has 156 valence electrons. The highest BCUT2D eigenvalue weighted by Gasteiger charge is 2.37. The standard InChI is InChI=1S/C20H17ClF6N2/c21-15-9-8-14(20(25,26)27)18-16(15)12(6-3-4-10-28)17(29-18)11-5-1-2-7-13(11)19(22,23)24/h1-2,5,7-9,29H,3-4,6,10,28H2. The van der Waals surface area contributed by atoms with E-state index in [4.69, 9.17) is 17.3 Å². The number of nitrogens with two attached hydrogens (primary N) is 1. The van der Waals surface area contributed by atoms with Gasteiger partial charge in [-0.2, -0.15) is 26.3 Å². The molecule has 2 aromatic carbocycles. The van der Waals surface area contributed by atoms with Crippen LogP contribution in [0.3, 0.4) is 0 Å². The number of benzene rings is 2. The van der Waals surface area contributed by atoms with Crippen molar-refractivity contribution < 1.29 is 26.3 Å². The van der Waals surface area contributed by atoms with Crippen molar-refractivity contribution in [2.45, 2.75) is 31.6 Å². The first-order chi connectivity index (χ1) is 13.6. The molecule has 0 radical (unpaired) electrons. The predicted octanol–water partition coefficient (Wildman–Crippen LogP) is 6.81. The van der Waals surface area contributed by atoms with Crippen molar-refractivity contribution >= 4 is 22.5 Å². The first-order valence-corrected chi connectivity index (χ1v) is 9.20. The Morgan fingerprint density at radius 3 is 2.14 bits per heavy atom. The van der Waals surface area contributed by atoms with E-state index in [0.717, 1.165) is 18.2 Å². The molecular weight excluding hydrogens is 418 g/mol. The van der Waals surface area contributed by atoms with E-state index in [1.807, 2.05) is 0 Å². The molecule has 1 aromatic heterocycles. The number of alkyl halides is 6. The van der Waals surface area contributed by atoms with E-state index < -0.39 is 23.5 Å². The van der Waals surface area contributed by atoms with Gasteiger partial charge in [0.25, 0.3) is 0 Å². The molecule has 0 spiro atoms. The lowest BCUT2D eigenvalue weighted by Crippen LogP contribution is -2.07. The second kappa shape index (κ2) is 7.91. The van der Waals surface area contributed by atoms with Crippen molar-refractivity contribution in [2.24, 2.45) is 5.73 Å². The third kappa shape index (κ3) is 4.23. The molecule has 9 heteroatoms. The van der Waals surface area contributed by atoms with Gasteiger partial charge in [-0.3, -0.25) is 0 Å². The highest BCUT2D eigenvalue weighted by molar-refractivity contribution is 6.36. The van der Waals surface area contributed by atoms with Crippen molar-refractivity contribution in [3.63, 3.8) is 0 Å². The van der Waals surface area contributed by atoms with Crippen LogP contribution in [-0.2, 0) is 18.8 Å². The summed E-state index contributed by atoms with van der Waals surface area (Å²) >= 11 is 6.19. The number of rotatable bonds is 5. The Hall–Kier alpha value is -2.19. The van der Waals surface area contributed by atoms with E-state index in [0.29, 0.717) is 24.9 Å². The number of aryl methyl sites for hydroxylation is 1. The topological polar surface area (TPSA) is 41.8 Å². The smallest absolute Gasteiger partial charge is 0.354 e. The maximum absolute atomic E-state index is 13.5. The summed E-state index contributed by atoms with van der Waals surface area (Å²) in [5.41, 5.74) is 3.35. The van der Waals surface area contributed by atoms with E-state index >= 15 is 0 Å². The molecular formula is C20H17ClF6N2. The van der Waals surface area contributed by atoms with Gasteiger partial charge in [0.05, 0.1) is 27.4 Å². The molecule has 0 unspecified atom stereocenters. The van der Waals surface area contributed by atoms with Crippen LogP contribution in [0.5, 0.6) is 0 Å². The lowest BCUT2D eigenvalue weighted by molar-refractivity contribution is -0.137. The van der Waals surface area contributed by atoms with Crippen molar-refractivity contribution in [3.8, 4) is 11.3 Å². The average Bonchev–Trinajstić information content (AvgIpc) is 3.00. The number of halogens is 7. The van der Waals surface area contributed by atoms with Crippen LogP contribution in [0.1, 0.15) is 29.5 Å². The summed E-state index contributed by atoms with van der Waals surface area (Å²) in [5.74, 6) is 0. The minimum absolute atomic E-state index is 0.0106. The molecule has 29 heavy (non-hydrogen) atoms. The molecule has 3 rings (SSSR count). The van der Waals surface area contributed by atoms with Gasteiger partial charge in [0.1, 0.15) is 0 Å². The molecule has 0 aliphatic heterocycles. The van der Waals surface area contributed by atoms with E-state index in [-0.39, 0.29) is 33.6 Å². The molecule has 0 fully saturated rings. The molecule has 1 heterocycles. The fourth-order valence-corrected chi connectivity index (χ4v) is 3.71. The molecule has 0 atom stereocenters. The van der Waals surface area contributed by atoms with Crippen LogP contribution < -0.4 is 5.73 Å². The second-order valence-corrected chi connectivity index (χ2v) is 7.02. The lowest BCUT2D eigenvalue weighted by Gasteiger charge is -2.13. The van der Waals surface area contributed by atoms with E-state index in [1.54, 1.807) is 0 Å². The molecule has 3 N–H and O–H groups in total. The highest BCUT2D eigenvalue weighted by Crippen LogP contribution is 2.44. The lowest BCUT2D eigenvalue weighted by atomic mass is 9.96. The van der Waals surface area contributed by atoms with Crippen LogP contribution in [-0.4, -0.2) is 11.5 Å². The fourth-order valence-electron chi connectivity index (χ4n) is 3.44. The summed E-state index contributed by atoms with van der Waals surface area (Å²) in [5, 5.41) is 0.133. The molecule has 0 bridgehead atoms. The quantitative estimate of drug-likeness (QED) is 0.336. The van der Waals surface area contributed by atoms with Crippen LogP contribution in [0.15, 0.2) is 36.4 Å². The zero-order valence-electron chi connectivity index (χ0n) is 15.0. The number of aromatic nitrogens is 1. The van der Waals surface area contributed by atoms with Gasteiger partial charge in [0.15, 0.2) is 0 Å².